The topological polar surface area (TPSA) is 40.5 Å². The van der Waals surface area contributed by atoms with E-state index < -0.39 is 0 Å². The minimum absolute atomic E-state index is 0.109. The first kappa shape index (κ1) is 12.9. The summed E-state index contributed by atoms with van der Waals surface area (Å²) in [6.07, 6.45) is 8.80. The van der Waals surface area contributed by atoms with Crippen LogP contribution in [0.2, 0.25) is 0 Å². The van der Waals surface area contributed by atoms with Gasteiger partial charge in [0.2, 0.25) is 5.91 Å². The van der Waals surface area contributed by atoms with Gasteiger partial charge in [-0.1, -0.05) is 25.7 Å². The molecule has 0 aromatic carbocycles. The maximum absolute atomic E-state index is 11.9. The second kappa shape index (κ2) is 5.85. The first-order chi connectivity index (χ1) is 8.15. The van der Waals surface area contributed by atoms with Crippen LogP contribution in [0.15, 0.2) is 0 Å². The van der Waals surface area contributed by atoms with Crippen LogP contribution >= 0.6 is 0 Å². The molecule has 0 radical (unpaired) electrons. The Morgan fingerprint density at radius 2 is 1.88 bits per heavy atom. The smallest absolute Gasteiger partial charge is 0.222 e. The van der Waals surface area contributed by atoms with Crippen molar-refractivity contribution < 1.29 is 9.90 Å². The van der Waals surface area contributed by atoms with Crippen LogP contribution in [0.5, 0.6) is 0 Å². The molecule has 1 amide bonds. The van der Waals surface area contributed by atoms with Gasteiger partial charge >= 0.3 is 0 Å². The van der Waals surface area contributed by atoms with Crippen molar-refractivity contribution in [3.63, 3.8) is 0 Å². The molecule has 98 valence electrons. The van der Waals surface area contributed by atoms with E-state index in [0.717, 1.165) is 38.1 Å². The highest BCUT2D eigenvalue weighted by molar-refractivity contribution is 5.75. The zero-order valence-electron chi connectivity index (χ0n) is 10.9. The summed E-state index contributed by atoms with van der Waals surface area (Å²) in [6.45, 7) is 0.834. The highest BCUT2D eigenvalue weighted by Crippen LogP contribution is 2.30. The minimum atomic E-state index is -0.109. The highest BCUT2D eigenvalue weighted by atomic mass is 16.3. The molecule has 2 fully saturated rings. The summed E-state index contributed by atoms with van der Waals surface area (Å²) >= 11 is 0. The fourth-order valence-electron chi connectivity index (χ4n) is 3.16. The largest absolute Gasteiger partial charge is 0.393 e. The lowest BCUT2D eigenvalue weighted by molar-refractivity contribution is -0.131. The summed E-state index contributed by atoms with van der Waals surface area (Å²) in [5.74, 6) is 1.63. The maximum atomic E-state index is 11.9. The predicted octanol–water partition coefficient (Wildman–Crippen LogP) is 2.19. The number of aliphatic hydroxyl groups excluding tert-OH is 1. The van der Waals surface area contributed by atoms with E-state index in [4.69, 9.17) is 0 Å². The minimum Gasteiger partial charge on any atom is -0.393 e. The van der Waals surface area contributed by atoms with Crippen molar-refractivity contribution >= 4 is 5.91 Å². The highest BCUT2D eigenvalue weighted by Gasteiger charge is 2.29. The SMILES string of the molecule is CN(CC1CC(O)C1)C(=O)CCC1CCCC1. The van der Waals surface area contributed by atoms with Crippen LogP contribution in [0, 0.1) is 11.8 Å². The van der Waals surface area contributed by atoms with Crippen LogP contribution in [0.25, 0.3) is 0 Å². The van der Waals surface area contributed by atoms with Gasteiger partial charge in [0.25, 0.3) is 0 Å². The van der Waals surface area contributed by atoms with E-state index in [-0.39, 0.29) is 6.10 Å². The summed E-state index contributed by atoms with van der Waals surface area (Å²) in [5, 5.41) is 9.21. The first-order valence-corrected chi connectivity index (χ1v) is 7.07. The molecular weight excluding hydrogens is 214 g/mol. The molecule has 17 heavy (non-hydrogen) atoms. The average molecular weight is 239 g/mol. The van der Waals surface area contributed by atoms with E-state index in [1.54, 1.807) is 0 Å². The lowest BCUT2D eigenvalue weighted by atomic mass is 9.82. The third kappa shape index (κ3) is 3.70. The normalized spacial score (nSPS) is 29.1. The number of aliphatic hydroxyl groups is 1. The van der Waals surface area contributed by atoms with Crippen molar-refractivity contribution in [2.24, 2.45) is 11.8 Å². The Morgan fingerprint density at radius 3 is 2.47 bits per heavy atom. The molecule has 2 saturated carbocycles. The van der Waals surface area contributed by atoms with E-state index in [0.29, 0.717) is 11.8 Å². The molecule has 1 N–H and O–H groups in total. The molecule has 3 heteroatoms. The molecule has 0 heterocycles. The number of rotatable bonds is 5. The van der Waals surface area contributed by atoms with Gasteiger partial charge in [-0.05, 0) is 31.1 Å². The Balaban J connectivity index is 1.61. The number of hydrogen-bond acceptors (Lipinski definition) is 2. The third-order valence-electron chi connectivity index (χ3n) is 4.41. The molecule has 0 aliphatic heterocycles. The summed E-state index contributed by atoms with van der Waals surface area (Å²) in [7, 11) is 1.90. The van der Waals surface area contributed by atoms with Crippen molar-refractivity contribution in [3.8, 4) is 0 Å². The fraction of sp³-hybridized carbons (Fsp3) is 0.929. The molecular formula is C14H25NO2. The van der Waals surface area contributed by atoms with Gasteiger partial charge in [-0.2, -0.15) is 0 Å². The van der Waals surface area contributed by atoms with E-state index in [2.05, 4.69) is 0 Å². The Labute approximate surface area is 104 Å². The molecule has 0 aromatic rings. The summed E-state index contributed by atoms with van der Waals surface area (Å²) in [4.78, 5) is 13.8. The Morgan fingerprint density at radius 1 is 1.24 bits per heavy atom. The number of hydrogen-bond donors (Lipinski definition) is 1. The Bertz CT molecular complexity index is 255. The van der Waals surface area contributed by atoms with Crippen LogP contribution < -0.4 is 0 Å². The lowest BCUT2D eigenvalue weighted by Gasteiger charge is -2.34. The van der Waals surface area contributed by atoms with Gasteiger partial charge in [-0.15, -0.1) is 0 Å². The summed E-state index contributed by atoms with van der Waals surface area (Å²) < 4.78 is 0. The van der Waals surface area contributed by atoms with Crippen LogP contribution in [-0.2, 0) is 4.79 Å². The maximum Gasteiger partial charge on any atom is 0.222 e. The first-order valence-electron chi connectivity index (χ1n) is 7.07. The van der Waals surface area contributed by atoms with Crippen LogP contribution in [-0.4, -0.2) is 35.6 Å². The van der Waals surface area contributed by atoms with Gasteiger partial charge in [0.15, 0.2) is 0 Å². The average Bonchev–Trinajstić information content (AvgIpc) is 2.76. The monoisotopic (exact) mass is 239 g/mol. The van der Waals surface area contributed by atoms with E-state index in [1.807, 2.05) is 11.9 Å². The molecule has 2 aliphatic rings. The van der Waals surface area contributed by atoms with E-state index in [9.17, 15) is 9.90 Å². The van der Waals surface area contributed by atoms with Gasteiger partial charge in [0, 0.05) is 20.0 Å². The van der Waals surface area contributed by atoms with Crippen LogP contribution in [0.4, 0.5) is 0 Å². The molecule has 2 rings (SSSR count). The lowest BCUT2D eigenvalue weighted by Crippen LogP contribution is -2.39. The van der Waals surface area contributed by atoms with Crippen molar-refractivity contribution in [2.45, 2.75) is 57.5 Å². The molecule has 0 spiro atoms. The zero-order valence-corrected chi connectivity index (χ0v) is 10.9. The molecule has 0 atom stereocenters. The second-order valence-corrected chi connectivity index (χ2v) is 5.95. The molecule has 3 nitrogen and oxygen atoms in total. The quantitative estimate of drug-likeness (QED) is 0.799. The number of amides is 1. The summed E-state index contributed by atoms with van der Waals surface area (Å²) in [5.41, 5.74) is 0. The van der Waals surface area contributed by atoms with Gasteiger partial charge in [-0.3, -0.25) is 4.79 Å². The number of nitrogens with zero attached hydrogens (tertiary/aromatic N) is 1. The molecule has 0 unspecified atom stereocenters. The van der Waals surface area contributed by atoms with Crippen molar-refractivity contribution in [1.82, 2.24) is 4.90 Å². The van der Waals surface area contributed by atoms with Crippen molar-refractivity contribution in [3.05, 3.63) is 0 Å². The Kier molecular flexibility index (Phi) is 4.43. The molecule has 2 aliphatic carbocycles. The van der Waals surface area contributed by atoms with E-state index in [1.165, 1.54) is 25.7 Å². The van der Waals surface area contributed by atoms with Crippen LogP contribution in [0.3, 0.4) is 0 Å². The number of carbonyl (C=O) groups excluding carboxylic acids is 1. The van der Waals surface area contributed by atoms with E-state index >= 15 is 0 Å². The standard InChI is InChI=1S/C14H25NO2/c1-15(10-12-8-13(16)9-12)14(17)7-6-11-4-2-3-5-11/h11-13,16H,2-10H2,1H3. The number of carbonyl (C=O) groups is 1. The van der Waals surface area contributed by atoms with Crippen LogP contribution in [0.1, 0.15) is 51.4 Å². The van der Waals surface area contributed by atoms with Gasteiger partial charge in [-0.25, -0.2) is 0 Å². The van der Waals surface area contributed by atoms with Gasteiger partial charge in [0.1, 0.15) is 0 Å². The van der Waals surface area contributed by atoms with Gasteiger partial charge < -0.3 is 10.0 Å². The van der Waals surface area contributed by atoms with Crippen molar-refractivity contribution in [1.29, 1.82) is 0 Å². The fourth-order valence-corrected chi connectivity index (χ4v) is 3.16. The molecule has 0 saturated heterocycles. The zero-order chi connectivity index (χ0) is 12.3. The molecule has 0 aromatic heterocycles. The van der Waals surface area contributed by atoms with Gasteiger partial charge in [0.05, 0.1) is 6.10 Å². The summed E-state index contributed by atoms with van der Waals surface area (Å²) in [6, 6.07) is 0. The Hall–Kier alpha value is -0.570. The third-order valence-corrected chi connectivity index (χ3v) is 4.41. The van der Waals surface area contributed by atoms with Crippen molar-refractivity contribution in [2.75, 3.05) is 13.6 Å². The molecule has 0 bridgehead atoms. The predicted molar refractivity (Wildman–Crippen MR) is 67.6 cm³/mol. The second-order valence-electron chi connectivity index (χ2n) is 5.95.